The molecular weight excluding hydrogens is 336 g/mol. The standard InChI is InChI=1S/C20H11ClN2O2/c21-14-8-5-12(6-9-14)13-7-10-17-16(11-13)22-20-23(17)19(24)15-3-1-2-4-18(15)25-20/h1-11H. The summed E-state index contributed by atoms with van der Waals surface area (Å²) in [4.78, 5) is 17.3. The lowest BCUT2D eigenvalue weighted by Gasteiger charge is -2.02. The minimum atomic E-state index is -0.126. The molecule has 2 heterocycles. The van der Waals surface area contributed by atoms with Crippen molar-refractivity contribution in [1.82, 2.24) is 9.38 Å². The lowest BCUT2D eigenvalue weighted by atomic mass is 10.1. The number of aromatic nitrogens is 2. The SMILES string of the molecule is O=c1c2ccccc2oc2nc3cc(-c4ccc(Cl)cc4)ccc3n12. The zero-order valence-corrected chi connectivity index (χ0v) is 13.7. The van der Waals surface area contributed by atoms with E-state index in [4.69, 9.17) is 16.0 Å². The fraction of sp³-hybridized carbons (Fsp3) is 0. The van der Waals surface area contributed by atoms with Gasteiger partial charge >= 0.3 is 5.84 Å². The molecule has 3 aromatic carbocycles. The number of hydrogen-bond donors (Lipinski definition) is 0. The van der Waals surface area contributed by atoms with Gasteiger partial charge in [-0.25, -0.2) is 4.40 Å². The third-order valence-corrected chi connectivity index (χ3v) is 4.58. The van der Waals surface area contributed by atoms with Crippen LogP contribution in [0.4, 0.5) is 0 Å². The summed E-state index contributed by atoms with van der Waals surface area (Å²) in [6, 6.07) is 20.6. The Labute approximate surface area is 146 Å². The first kappa shape index (κ1) is 14.3. The third kappa shape index (κ3) is 2.15. The Kier molecular flexibility index (Phi) is 2.96. The average Bonchev–Trinajstić information content (AvgIpc) is 3.00. The van der Waals surface area contributed by atoms with Gasteiger partial charge in [-0.3, -0.25) is 4.79 Å². The molecule has 25 heavy (non-hydrogen) atoms. The number of rotatable bonds is 1. The van der Waals surface area contributed by atoms with Gasteiger partial charge in [0.05, 0.1) is 16.4 Å². The molecule has 5 rings (SSSR count). The maximum absolute atomic E-state index is 12.8. The van der Waals surface area contributed by atoms with Gasteiger partial charge in [-0.2, -0.15) is 4.98 Å². The summed E-state index contributed by atoms with van der Waals surface area (Å²) >= 11 is 5.95. The highest BCUT2D eigenvalue weighted by atomic mass is 35.5. The van der Waals surface area contributed by atoms with E-state index in [0.717, 1.165) is 16.6 Å². The fourth-order valence-corrected chi connectivity index (χ4v) is 3.22. The highest BCUT2D eigenvalue weighted by Crippen LogP contribution is 2.26. The largest absolute Gasteiger partial charge is 0.424 e. The van der Waals surface area contributed by atoms with Gasteiger partial charge in [-0.1, -0.05) is 41.9 Å². The summed E-state index contributed by atoms with van der Waals surface area (Å²) in [7, 11) is 0. The Balaban J connectivity index is 1.82. The Morgan fingerprint density at radius 3 is 2.52 bits per heavy atom. The molecule has 0 bridgehead atoms. The molecule has 0 amide bonds. The van der Waals surface area contributed by atoms with E-state index in [1.54, 1.807) is 12.1 Å². The highest BCUT2D eigenvalue weighted by molar-refractivity contribution is 6.30. The molecule has 120 valence electrons. The van der Waals surface area contributed by atoms with Crippen LogP contribution >= 0.6 is 11.6 Å². The first-order valence-electron chi connectivity index (χ1n) is 7.81. The molecular formula is C20H11ClN2O2. The van der Waals surface area contributed by atoms with E-state index in [2.05, 4.69) is 4.98 Å². The second kappa shape index (κ2) is 5.19. The van der Waals surface area contributed by atoms with E-state index in [9.17, 15) is 4.79 Å². The lowest BCUT2D eigenvalue weighted by molar-refractivity contribution is 0.616. The lowest BCUT2D eigenvalue weighted by Crippen LogP contribution is -2.12. The van der Waals surface area contributed by atoms with Crippen LogP contribution in [0.15, 0.2) is 75.9 Å². The average molecular weight is 347 g/mol. The van der Waals surface area contributed by atoms with Gasteiger partial charge in [-0.15, -0.1) is 0 Å². The van der Waals surface area contributed by atoms with E-state index in [1.807, 2.05) is 54.6 Å². The van der Waals surface area contributed by atoms with Crippen molar-refractivity contribution in [2.75, 3.05) is 0 Å². The molecule has 0 saturated heterocycles. The Hall–Kier alpha value is -3.11. The summed E-state index contributed by atoms with van der Waals surface area (Å²) in [6.07, 6.45) is 0. The summed E-state index contributed by atoms with van der Waals surface area (Å²) < 4.78 is 7.32. The van der Waals surface area contributed by atoms with E-state index in [1.165, 1.54) is 4.40 Å². The molecule has 0 spiro atoms. The van der Waals surface area contributed by atoms with Crippen molar-refractivity contribution >= 4 is 39.4 Å². The number of benzene rings is 3. The second-order valence-electron chi connectivity index (χ2n) is 5.84. The summed E-state index contributed by atoms with van der Waals surface area (Å²) in [5.41, 5.74) is 3.89. The molecule has 2 aromatic heterocycles. The zero-order valence-electron chi connectivity index (χ0n) is 12.9. The molecule has 0 unspecified atom stereocenters. The highest BCUT2D eigenvalue weighted by Gasteiger charge is 2.13. The number of imidazole rings is 1. The van der Waals surface area contributed by atoms with Crippen LogP contribution < -0.4 is 5.56 Å². The molecule has 0 radical (unpaired) electrons. The van der Waals surface area contributed by atoms with Crippen molar-refractivity contribution in [3.05, 3.63) is 82.1 Å². The van der Waals surface area contributed by atoms with Crippen LogP contribution in [0.5, 0.6) is 0 Å². The van der Waals surface area contributed by atoms with Gasteiger partial charge in [0.25, 0.3) is 5.56 Å². The smallest absolute Gasteiger partial charge is 0.310 e. The molecule has 0 fully saturated rings. The number of hydrogen-bond acceptors (Lipinski definition) is 3. The molecule has 0 atom stereocenters. The predicted octanol–water partition coefficient (Wildman–Crippen LogP) is 4.91. The van der Waals surface area contributed by atoms with Crippen LogP contribution in [0.25, 0.3) is 39.0 Å². The van der Waals surface area contributed by atoms with Crippen LogP contribution in [-0.4, -0.2) is 9.38 Å². The second-order valence-corrected chi connectivity index (χ2v) is 6.28. The van der Waals surface area contributed by atoms with E-state index >= 15 is 0 Å². The van der Waals surface area contributed by atoms with Gasteiger partial charge < -0.3 is 4.42 Å². The van der Waals surface area contributed by atoms with Gasteiger partial charge in [0, 0.05) is 5.02 Å². The topological polar surface area (TPSA) is 47.5 Å². The normalized spacial score (nSPS) is 11.6. The fourth-order valence-electron chi connectivity index (χ4n) is 3.10. The molecule has 0 aliphatic rings. The zero-order chi connectivity index (χ0) is 17.0. The van der Waals surface area contributed by atoms with Crippen molar-refractivity contribution in [2.45, 2.75) is 0 Å². The number of para-hydroxylation sites is 1. The molecule has 4 nitrogen and oxygen atoms in total. The van der Waals surface area contributed by atoms with Gasteiger partial charge in [0.1, 0.15) is 5.58 Å². The molecule has 5 aromatic rings. The maximum Gasteiger partial charge on any atom is 0.310 e. The minimum Gasteiger partial charge on any atom is -0.424 e. The maximum atomic E-state index is 12.8. The monoisotopic (exact) mass is 346 g/mol. The van der Waals surface area contributed by atoms with Gasteiger partial charge in [0.2, 0.25) is 0 Å². The van der Waals surface area contributed by atoms with Crippen LogP contribution in [0.1, 0.15) is 0 Å². The molecule has 5 heteroatoms. The first-order valence-corrected chi connectivity index (χ1v) is 8.18. The summed E-state index contributed by atoms with van der Waals surface area (Å²) in [5, 5.41) is 1.23. The minimum absolute atomic E-state index is 0.126. The third-order valence-electron chi connectivity index (χ3n) is 4.32. The van der Waals surface area contributed by atoms with Crippen molar-refractivity contribution in [3.63, 3.8) is 0 Å². The predicted molar refractivity (Wildman–Crippen MR) is 99.2 cm³/mol. The molecule has 0 N–H and O–H groups in total. The van der Waals surface area contributed by atoms with E-state index in [-0.39, 0.29) is 5.56 Å². The van der Waals surface area contributed by atoms with Crippen LogP contribution in [-0.2, 0) is 0 Å². The van der Waals surface area contributed by atoms with Crippen molar-refractivity contribution in [3.8, 4) is 11.1 Å². The summed E-state index contributed by atoms with van der Waals surface area (Å²) in [6.45, 7) is 0. The summed E-state index contributed by atoms with van der Waals surface area (Å²) in [5.74, 6) is 0.298. The van der Waals surface area contributed by atoms with E-state index < -0.39 is 0 Å². The number of halogens is 1. The molecule has 0 aliphatic carbocycles. The Bertz CT molecular complexity index is 1320. The van der Waals surface area contributed by atoms with Crippen molar-refractivity contribution < 1.29 is 4.42 Å². The van der Waals surface area contributed by atoms with Crippen LogP contribution in [0, 0.1) is 0 Å². The van der Waals surface area contributed by atoms with Crippen LogP contribution in [0.3, 0.4) is 0 Å². The number of nitrogens with zero attached hydrogens (tertiary/aromatic N) is 2. The molecule has 0 saturated carbocycles. The van der Waals surface area contributed by atoms with Crippen LogP contribution in [0.2, 0.25) is 5.02 Å². The Morgan fingerprint density at radius 1 is 0.920 bits per heavy atom. The first-order chi connectivity index (χ1) is 12.2. The Morgan fingerprint density at radius 2 is 1.68 bits per heavy atom. The quantitative estimate of drug-likeness (QED) is 0.433. The molecule has 0 aliphatic heterocycles. The van der Waals surface area contributed by atoms with Gasteiger partial charge in [-0.05, 0) is 47.5 Å². The number of fused-ring (bicyclic) bond motifs is 4. The van der Waals surface area contributed by atoms with Gasteiger partial charge in [0.15, 0.2) is 0 Å². The van der Waals surface area contributed by atoms with Crippen molar-refractivity contribution in [2.24, 2.45) is 0 Å². The van der Waals surface area contributed by atoms with E-state index in [0.29, 0.717) is 27.4 Å². The van der Waals surface area contributed by atoms with Crippen molar-refractivity contribution in [1.29, 1.82) is 0 Å².